The number of oxazole rings is 1. The summed E-state index contributed by atoms with van der Waals surface area (Å²) in [7, 11) is -3.76. The Morgan fingerprint density at radius 2 is 1.81 bits per heavy atom. The molecule has 0 aliphatic heterocycles. The van der Waals surface area contributed by atoms with Crippen molar-refractivity contribution < 1.29 is 12.8 Å². The number of aromatic amines is 1. The van der Waals surface area contributed by atoms with E-state index in [1.165, 1.54) is 24.5 Å². The minimum absolute atomic E-state index is 0.0243. The molecule has 1 aromatic carbocycles. The van der Waals surface area contributed by atoms with Crippen LogP contribution < -0.4 is 21.1 Å². The number of hydrogen-bond donors (Lipinski definition) is 4. The molecule has 12 heteroatoms. The molecule has 0 amide bonds. The Labute approximate surface area is 177 Å². The molecule has 4 rings (SSSR count). The number of H-pyrrole nitrogens is 1. The van der Waals surface area contributed by atoms with Gasteiger partial charge in [-0.2, -0.15) is 0 Å². The van der Waals surface area contributed by atoms with Crippen molar-refractivity contribution in [3.8, 4) is 0 Å². The molecule has 0 unspecified atom stereocenters. The summed E-state index contributed by atoms with van der Waals surface area (Å²) >= 11 is 0. The van der Waals surface area contributed by atoms with Gasteiger partial charge in [0.25, 0.3) is 0 Å². The zero-order chi connectivity index (χ0) is 21.8. The molecule has 0 spiro atoms. The maximum atomic E-state index is 12.5. The Morgan fingerprint density at radius 1 is 1.00 bits per heavy atom. The molecular weight excluding hydrogens is 422 g/mol. The third-order valence-electron chi connectivity index (χ3n) is 4.26. The van der Waals surface area contributed by atoms with Gasteiger partial charge in [-0.25, -0.2) is 32.9 Å². The predicted octanol–water partition coefficient (Wildman–Crippen LogP) is 1.75. The lowest BCUT2D eigenvalue weighted by Crippen LogP contribution is -2.29. The molecule has 11 nitrogen and oxygen atoms in total. The van der Waals surface area contributed by atoms with Crippen LogP contribution in [0.25, 0.3) is 11.1 Å². The van der Waals surface area contributed by atoms with E-state index in [1.54, 1.807) is 12.3 Å². The summed E-state index contributed by atoms with van der Waals surface area (Å²) in [5.41, 5.74) is 1.67. The Kier molecular flexibility index (Phi) is 5.64. The molecule has 0 aliphatic carbocycles. The fourth-order valence-electron chi connectivity index (χ4n) is 2.82. The topological polar surface area (TPSA) is 155 Å². The zero-order valence-electron chi connectivity index (χ0n) is 16.4. The third kappa shape index (κ3) is 5.05. The Morgan fingerprint density at radius 3 is 2.65 bits per heavy atom. The lowest BCUT2D eigenvalue weighted by Gasteiger charge is -2.10. The lowest BCUT2D eigenvalue weighted by molar-refractivity contribution is 0.555. The molecule has 4 N–H and O–H groups in total. The fraction of sp³-hybridized carbons (Fsp3) is 0.158. The number of sulfonamides is 1. The van der Waals surface area contributed by atoms with Gasteiger partial charge >= 0.3 is 5.76 Å². The van der Waals surface area contributed by atoms with Crippen LogP contribution in [0.3, 0.4) is 0 Å². The highest BCUT2D eigenvalue weighted by molar-refractivity contribution is 7.89. The van der Waals surface area contributed by atoms with E-state index in [9.17, 15) is 13.2 Å². The second kappa shape index (κ2) is 8.53. The van der Waals surface area contributed by atoms with E-state index < -0.39 is 15.8 Å². The number of nitrogens with zero attached hydrogens (tertiary/aromatic N) is 3. The molecule has 4 aromatic rings. The Balaban J connectivity index is 1.34. The van der Waals surface area contributed by atoms with Gasteiger partial charge < -0.3 is 15.1 Å². The second-order valence-electron chi connectivity index (χ2n) is 6.63. The van der Waals surface area contributed by atoms with E-state index in [0.29, 0.717) is 35.1 Å². The molecule has 0 aliphatic rings. The van der Waals surface area contributed by atoms with Crippen molar-refractivity contribution in [1.29, 1.82) is 0 Å². The highest BCUT2D eigenvalue weighted by Gasteiger charge is 2.15. The molecule has 0 bridgehead atoms. The van der Waals surface area contributed by atoms with Crippen LogP contribution in [-0.4, -0.2) is 41.4 Å². The molecule has 31 heavy (non-hydrogen) atoms. The summed E-state index contributed by atoms with van der Waals surface area (Å²) in [6.07, 6.45) is 3.09. The van der Waals surface area contributed by atoms with E-state index in [2.05, 4.69) is 35.3 Å². The van der Waals surface area contributed by atoms with Crippen LogP contribution >= 0.6 is 0 Å². The normalized spacial score (nSPS) is 11.5. The monoisotopic (exact) mass is 441 g/mol. The number of aryl methyl sites for hydroxylation is 1. The van der Waals surface area contributed by atoms with Crippen molar-refractivity contribution in [3.05, 3.63) is 65.0 Å². The van der Waals surface area contributed by atoms with Crippen molar-refractivity contribution in [2.24, 2.45) is 0 Å². The van der Waals surface area contributed by atoms with E-state index in [4.69, 9.17) is 4.42 Å². The first-order chi connectivity index (χ1) is 14.9. The minimum atomic E-state index is -3.76. The first kappa shape index (κ1) is 20.5. The number of fused-ring (bicyclic) bond motifs is 1. The van der Waals surface area contributed by atoms with Gasteiger partial charge in [0.15, 0.2) is 5.58 Å². The number of pyridine rings is 1. The summed E-state index contributed by atoms with van der Waals surface area (Å²) in [5, 5.41) is 6.13. The molecule has 0 atom stereocenters. The first-order valence-corrected chi connectivity index (χ1v) is 10.8. The SMILES string of the molecule is Cc1ccnc(Nc2cc(NCCNS(=O)(=O)c3ccc4oc(=O)[nH]c4c3)ncn2)c1. The maximum absolute atomic E-state index is 12.5. The predicted molar refractivity (Wildman–Crippen MR) is 115 cm³/mol. The standard InChI is InChI=1S/C19H19N7O4S/c1-12-4-5-20-17(8-12)26-18-10-16(22-11-23-18)21-6-7-24-31(28,29)13-2-3-15-14(9-13)25-19(27)30-15/h2-5,8-11,24H,6-7H2,1H3,(H,25,27)(H2,20,21,22,23,26). The van der Waals surface area contributed by atoms with Gasteiger partial charge in [0.2, 0.25) is 10.0 Å². The van der Waals surface area contributed by atoms with Crippen molar-refractivity contribution in [2.75, 3.05) is 23.7 Å². The highest BCUT2D eigenvalue weighted by Crippen LogP contribution is 2.17. The van der Waals surface area contributed by atoms with Crippen molar-refractivity contribution in [1.82, 2.24) is 24.7 Å². The molecule has 0 radical (unpaired) electrons. The first-order valence-electron chi connectivity index (χ1n) is 9.27. The lowest BCUT2D eigenvalue weighted by atomic mass is 10.3. The van der Waals surface area contributed by atoms with Gasteiger partial charge in [-0.3, -0.25) is 4.98 Å². The van der Waals surface area contributed by atoms with Crippen LogP contribution in [0.5, 0.6) is 0 Å². The number of hydrogen-bond acceptors (Lipinski definition) is 9. The average molecular weight is 441 g/mol. The maximum Gasteiger partial charge on any atom is 0.417 e. The second-order valence-corrected chi connectivity index (χ2v) is 8.40. The number of nitrogens with one attached hydrogen (secondary N) is 4. The zero-order valence-corrected chi connectivity index (χ0v) is 17.2. The molecule has 0 saturated heterocycles. The van der Waals surface area contributed by atoms with Crippen LogP contribution in [0.4, 0.5) is 17.5 Å². The number of benzene rings is 1. The smallest absolute Gasteiger partial charge is 0.408 e. The summed E-state index contributed by atoms with van der Waals surface area (Å²) in [6.45, 7) is 2.38. The summed E-state index contributed by atoms with van der Waals surface area (Å²) in [6, 6.07) is 9.63. The Hall–Kier alpha value is -3.77. The van der Waals surface area contributed by atoms with Crippen LogP contribution in [0.1, 0.15) is 5.56 Å². The van der Waals surface area contributed by atoms with E-state index >= 15 is 0 Å². The molecule has 0 fully saturated rings. The van der Waals surface area contributed by atoms with Crippen LogP contribution in [0, 0.1) is 6.92 Å². The molecule has 160 valence electrons. The number of anilines is 3. The summed E-state index contributed by atoms with van der Waals surface area (Å²) in [4.78, 5) is 26.2. The Bertz CT molecular complexity index is 1380. The van der Waals surface area contributed by atoms with Crippen LogP contribution in [-0.2, 0) is 10.0 Å². The van der Waals surface area contributed by atoms with Gasteiger partial charge in [0.05, 0.1) is 10.4 Å². The number of rotatable bonds is 8. The fourth-order valence-corrected chi connectivity index (χ4v) is 3.87. The molecule has 3 aromatic heterocycles. The number of aromatic nitrogens is 4. The quantitative estimate of drug-likeness (QED) is 0.299. The highest BCUT2D eigenvalue weighted by atomic mass is 32.2. The van der Waals surface area contributed by atoms with Gasteiger partial charge in [0, 0.05) is 25.4 Å². The summed E-state index contributed by atoms with van der Waals surface area (Å²) < 4.78 is 32.3. The van der Waals surface area contributed by atoms with Crippen LogP contribution in [0.15, 0.2) is 63.0 Å². The summed E-state index contributed by atoms with van der Waals surface area (Å²) in [5.74, 6) is 1.10. The van der Waals surface area contributed by atoms with E-state index in [1.807, 2.05) is 19.1 Å². The molecule has 0 saturated carbocycles. The van der Waals surface area contributed by atoms with Gasteiger partial charge in [-0.15, -0.1) is 0 Å². The van der Waals surface area contributed by atoms with Gasteiger partial charge in [-0.05, 0) is 42.8 Å². The van der Waals surface area contributed by atoms with Crippen molar-refractivity contribution in [2.45, 2.75) is 11.8 Å². The molecule has 3 heterocycles. The minimum Gasteiger partial charge on any atom is -0.408 e. The van der Waals surface area contributed by atoms with E-state index in [0.717, 1.165) is 5.56 Å². The molecular formula is C19H19N7O4S. The largest absolute Gasteiger partial charge is 0.417 e. The van der Waals surface area contributed by atoms with Crippen LogP contribution in [0.2, 0.25) is 0 Å². The van der Waals surface area contributed by atoms with Gasteiger partial charge in [-0.1, -0.05) is 0 Å². The van der Waals surface area contributed by atoms with E-state index in [-0.39, 0.29) is 11.4 Å². The van der Waals surface area contributed by atoms with Crippen molar-refractivity contribution >= 4 is 38.6 Å². The average Bonchev–Trinajstić information content (AvgIpc) is 3.11. The van der Waals surface area contributed by atoms with Crippen molar-refractivity contribution in [3.63, 3.8) is 0 Å². The van der Waals surface area contributed by atoms with Gasteiger partial charge in [0.1, 0.15) is 23.8 Å². The third-order valence-corrected chi connectivity index (χ3v) is 5.72.